The van der Waals surface area contributed by atoms with Gasteiger partial charge in [0.25, 0.3) is 15.9 Å². The number of anilines is 1. The number of esters is 1. The van der Waals surface area contributed by atoms with Gasteiger partial charge in [0.15, 0.2) is 6.10 Å². The van der Waals surface area contributed by atoms with Gasteiger partial charge < -0.3 is 10.5 Å². The summed E-state index contributed by atoms with van der Waals surface area (Å²) < 4.78 is 31.4. The summed E-state index contributed by atoms with van der Waals surface area (Å²) in [5.41, 5.74) is 6.57. The Kier molecular flexibility index (Phi) is 5.66. The van der Waals surface area contributed by atoms with Crippen molar-refractivity contribution < 1.29 is 22.7 Å². The summed E-state index contributed by atoms with van der Waals surface area (Å²) in [6, 6.07) is 12.3. The molecule has 0 saturated heterocycles. The molecule has 0 aliphatic carbocycles. The average molecular weight is 376 g/mol. The van der Waals surface area contributed by atoms with Gasteiger partial charge >= 0.3 is 5.97 Å². The molecule has 0 heterocycles. The summed E-state index contributed by atoms with van der Waals surface area (Å²) in [4.78, 5) is 23.0. The van der Waals surface area contributed by atoms with Crippen molar-refractivity contribution in [2.24, 2.45) is 5.73 Å². The van der Waals surface area contributed by atoms with Crippen LogP contribution >= 0.6 is 0 Å². The standard InChI is InChI=1S/C18H20N2O5S/c1-12-4-10-16(11-5-12)26(23,24)20(3)15-8-6-14(7-9-15)18(22)25-13(2)17(19)21/h4-11,13H,1-3H3,(H2,19,21)/t13-/m0/s1. The fraction of sp³-hybridized carbons (Fsp3) is 0.222. The monoisotopic (exact) mass is 376 g/mol. The highest BCUT2D eigenvalue weighted by molar-refractivity contribution is 7.92. The number of ether oxygens (including phenoxy) is 1. The van der Waals surface area contributed by atoms with Gasteiger partial charge in [-0.3, -0.25) is 9.10 Å². The number of carbonyl (C=O) groups is 2. The zero-order valence-corrected chi connectivity index (χ0v) is 15.5. The molecule has 0 unspecified atom stereocenters. The second-order valence-electron chi connectivity index (χ2n) is 5.78. The van der Waals surface area contributed by atoms with Crippen molar-refractivity contribution in [3.63, 3.8) is 0 Å². The van der Waals surface area contributed by atoms with Gasteiger partial charge in [0.2, 0.25) is 0 Å². The Hall–Kier alpha value is -2.87. The number of sulfonamides is 1. The Bertz CT molecular complexity index is 906. The van der Waals surface area contributed by atoms with E-state index in [4.69, 9.17) is 10.5 Å². The summed E-state index contributed by atoms with van der Waals surface area (Å²) in [6.07, 6.45) is -1.05. The molecule has 0 radical (unpaired) electrons. The normalized spacial score (nSPS) is 12.3. The molecule has 138 valence electrons. The number of benzene rings is 2. The van der Waals surface area contributed by atoms with Crippen LogP contribution in [0.25, 0.3) is 0 Å². The topological polar surface area (TPSA) is 107 Å². The van der Waals surface area contributed by atoms with Crippen molar-refractivity contribution >= 4 is 27.6 Å². The van der Waals surface area contributed by atoms with Crippen LogP contribution < -0.4 is 10.0 Å². The maximum atomic E-state index is 12.7. The Morgan fingerprint density at radius 1 is 1.04 bits per heavy atom. The molecule has 0 fully saturated rings. The maximum Gasteiger partial charge on any atom is 0.338 e. The highest BCUT2D eigenvalue weighted by Crippen LogP contribution is 2.23. The first-order valence-corrected chi connectivity index (χ1v) is 9.23. The third-order valence-electron chi connectivity index (χ3n) is 3.83. The fourth-order valence-electron chi connectivity index (χ4n) is 2.10. The molecule has 7 nitrogen and oxygen atoms in total. The number of hydrogen-bond acceptors (Lipinski definition) is 5. The van der Waals surface area contributed by atoms with Crippen LogP contribution in [0.1, 0.15) is 22.8 Å². The minimum absolute atomic E-state index is 0.171. The van der Waals surface area contributed by atoms with Crippen LogP contribution in [0.15, 0.2) is 53.4 Å². The molecule has 2 rings (SSSR count). The summed E-state index contributed by atoms with van der Waals surface area (Å²) in [6.45, 7) is 3.24. The SMILES string of the molecule is Cc1ccc(S(=O)(=O)N(C)c2ccc(C(=O)O[C@@H](C)C(N)=O)cc2)cc1. The number of rotatable bonds is 6. The first-order chi connectivity index (χ1) is 12.1. The molecular weight excluding hydrogens is 356 g/mol. The first-order valence-electron chi connectivity index (χ1n) is 7.79. The van der Waals surface area contributed by atoms with Crippen molar-refractivity contribution in [1.82, 2.24) is 0 Å². The van der Waals surface area contributed by atoms with Crippen molar-refractivity contribution in [3.05, 3.63) is 59.7 Å². The van der Waals surface area contributed by atoms with E-state index in [-0.39, 0.29) is 10.5 Å². The zero-order valence-electron chi connectivity index (χ0n) is 14.7. The van der Waals surface area contributed by atoms with Gasteiger partial charge in [-0.25, -0.2) is 13.2 Å². The van der Waals surface area contributed by atoms with E-state index in [0.29, 0.717) is 5.69 Å². The molecular formula is C18H20N2O5S. The molecule has 26 heavy (non-hydrogen) atoms. The second kappa shape index (κ2) is 7.57. The lowest BCUT2D eigenvalue weighted by Crippen LogP contribution is -2.30. The summed E-state index contributed by atoms with van der Waals surface area (Å²) in [5, 5.41) is 0. The van der Waals surface area contributed by atoms with Gasteiger partial charge in [-0.1, -0.05) is 17.7 Å². The van der Waals surface area contributed by atoms with Crippen LogP contribution in [0.2, 0.25) is 0 Å². The second-order valence-corrected chi connectivity index (χ2v) is 7.75. The van der Waals surface area contributed by atoms with Crippen LogP contribution in [0.5, 0.6) is 0 Å². The van der Waals surface area contributed by atoms with Gasteiger partial charge in [0, 0.05) is 7.05 Å². The molecule has 0 spiro atoms. The number of amides is 1. The van der Waals surface area contributed by atoms with E-state index in [0.717, 1.165) is 9.87 Å². The smallest absolute Gasteiger partial charge is 0.338 e. The van der Waals surface area contributed by atoms with Gasteiger partial charge in [0.1, 0.15) is 0 Å². The van der Waals surface area contributed by atoms with E-state index in [2.05, 4.69) is 0 Å². The first kappa shape index (κ1) is 19.5. The van der Waals surface area contributed by atoms with Crippen LogP contribution in [-0.4, -0.2) is 33.4 Å². The lowest BCUT2D eigenvalue weighted by molar-refractivity contribution is -0.125. The molecule has 2 N–H and O–H groups in total. The minimum atomic E-state index is -3.72. The molecule has 1 amide bonds. The summed E-state index contributed by atoms with van der Waals surface area (Å²) in [5.74, 6) is -1.47. The predicted octanol–water partition coefficient (Wildman–Crippen LogP) is 1.85. The van der Waals surface area contributed by atoms with Crippen molar-refractivity contribution in [2.75, 3.05) is 11.4 Å². The lowest BCUT2D eigenvalue weighted by atomic mass is 10.2. The Morgan fingerprint density at radius 2 is 1.58 bits per heavy atom. The molecule has 8 heteroatoms. The van der Waals surface area contributed by atoms with Crippen LogP contribution in [0, 0.1) is 6.92 Å². The number of aryl methyl sites for hydroxylation is 1. The van der Waals surface area contributed by atoms with Crippen molar-refractivity contribution in [3.8, 4) is 0 Å². The number of nitrogens with zero attached hydrogens (tertiary/aromatic N) is 1. The summed E-state index contributed by atoms with van der Waals surface area (Å²) >= 11 is 0. The van der Waals surface area contributed by atoms with E-state index in [1.54, 1.807) is 12.1 Å². The van der Waals surface area contributed by atoms with E-state index < -0.39 is 28.0 Å². The van der Waals surface area contributed by atoms with Gasteiger partial charge in [-0.2, -0.15) is 0 Å². The number of carbonyl (C=O) groups excluding carboxylic acids is 2. The van der Waals surface area contributed by atoms with Crippen LogP contribution in [0.3, 0.4) is 0 Å². The number of hydrogen-bond donors (Lipinski definition) is 1. The Labute approximate surface area is 152 Å². The van der Waals surface area contributed by atoms with Gasteiger partial charge in [-0.05, 0) is 50.2 Å². The summed E-state index contributed by atoms with van der Waals surface area (Å²) in [7, 11) is -2.29. The molecule has 0 aliphatic rings. The van der Waals surface area contributed by atoms with E-state index >= 15 is 0 Å². The van der Waals surface area contributed by atoms with E-state index in [1.807, 2.05) is 6.92 Å². The Balaban J connectivity index is 2.20. The highest BCUT2D eigenvalue weighted by Gasteiger charge is 2.22. The minimum Gasteiger partial charge on any atom is -0.449 e. The van der Waals surface area contributed by atoms with Crippen LogP contribution in [-0.2, 0) is 19.6 Å². The molecule has 1 atom stereocenters. The molecule has 0 bridgehead atoms. The molecule has 2 aromatic carbocycles. The molecule has 2 aromatic rings. The largest absolute Gasteiger partial charge is 0.449 e. The highest BCUT2D eigenvalue weighted by atomic mass is 32.2. The van der Waals surface area contributed by atoms with Crippen molar-refractivity contribution in [2.45, 2.75) is 24.8 Å². The average Bonchev–Trinajstić information content (AvgIpc) is 2.61. The fourth-order valence-corrected chi connectivity index (χ4v) is 3.30. The molecule has 0 aliphatic heterocycles. The van der Waals surface area contributed by atoms with Gasteiger partial charge in [0.05, 0.1) is 16.1 Å². The third-order valence-corrected chi connectivity index (χ3v) is 5.63. The van der Waals surface area contributed by atoms with E-state index in [9.17, 15) is 18.0 Å². The van der Waals surface area contributed by atoms with Crippen LogP contribution in [0.4, 0.5) is 5.69 Å². The molecule has 0 aromatic heterocycles. The number of primary amides is 1. The predicted molar refractivity (Wildman–Crippen MR) is 97.3 cm³/mol. The zero-order chi connectivity index (χ0) is 19.5. The lowest BCUT2D eigenvalue weighted by Gasteiger charge is -2.20. The Morgan fingerprint density at radius 3 is 2.08 bits per heavy atom. The van der Waals surface area contributed by atoms with E-state index in [1.165, 1.54) is 50.4 Å². The van der Waals surface area contributed by atoms with Crippen molar-refractivity contribution in [1.29, 1.82) is 0 Å². The number of nitrogens with two attached hydrogens (primary N) is 1. The third kappa shape index (κ3) is 4.20. The maximum absolute atomic E-state index is 12.7. The molecule has 0 saturated carbocycles. The quantitative estimate of drug-likeness (QED) is 0.774. The van der Waals surface area contributed by atoms with Gasteiger partial charge in [-0.15, -0.1) is 0 Å².